The smallest absolute Gasteiger partial charge is 0.238 e. The summed E-state index contributed by atoms with van der Waals surface area (Å²) in [4.78, 5) is 15.6. The highest BCUT2D eigenvalue weighted by atomic mass is 32.1. The predicted molar refractivity (Wildman–Crippen MR) is 226 cm³/mol. The minimum atomic E-state index is 0.592. The Morgan fingerprint density at radius 2 is 0.870 bits per heavy atom. The molecule has 3 aromatic heterocycles. The van der Waals surface area contributed by atoms with Gasteiger partial charge in [0.25, 0.3) is 0 Å². The molecule has 0 spiro atoms. The van der Waals surface area contributed by atoms with Crippen molar-refractivity contribution < 1.29 is 0 Å². The summed E-state index contributed by atoms with van der Waals surface area (Å²) in [5.41, 5.74) is 8.78. The summed E-state index contributed by atoms with van der Waals surface area (Å²) < 4.78 is 4.81. The molecular formula is C49H30N4S. The molecule has 11 rings (SSSR count). The van der Waals surface area contributed by atoms with Crippen LogP contribution >= 0.6 is 11.3 Å². The highest BCUT2D eigenvalue weighted by Gasteiger charge is 2.24. The maximum Gasteiger partial charge on any atom is 0.238 e. The van der Waals surface area contributed by atoms with E-state index in [4.69, 9.17) is 15.0 Å². The quantitative estimate of drug-likeness (QED) is 0.179. The van der Waals surface area contributed by atoms with Crippen molar-refractivity contribution in [2.75, 3.05) is 0 Å². The van der Waals surface area contributed by atoms with Gasteiger partial charge in [0.05, 0.1) is 11.0 Å². The van der Waals surface area contributed by atoms with Crippen LogP contribution in [0.2, 0.25) is 0 Å². The zero-order chi connectivity index (χ0) is 35.6. The Labute approximate surface area is 315 Å². The van der Waals surface area contributed by atoms with Crippen molar-refractivity contribution in [1.82, 2.24) is 19.5 Å². The summed E-state index contributed by atoms with van der Waals surface area (Å²) in [7, 11) is 0. The monoisotopic (exact) mass is 706 g/mol. The molecule has 0 aliphatic carbocycles. The molecule has 0 atom stereocenters. The van der Waals surface area contributed by atoms with Gasteiger partial charge in [-0.2, -0.15) is 9.97 Å². The van der Waals surface area contributed by atoms with Gasteiger partial charge in [0.1, 0.15) is 0 Å². The van der Waals surface area contributed by atoms with Crippen LogP contribution in [0.4, 0.5) is 0 Å². The van der Waals surface area contributed by atoms with E-state index in [-0.39, 0.29) is 0 Å². The van der Waals surface area contributed by atoms with Crippen LogP contribution in [0.15, 0.2) is 182 Å². The van der Waals surface area contributed by atoms with Gasteiger partial charge in [-0.15, -0.1) is 11.3 Å². The summed E-state index contributed by atoms with van der Waals surface area (Å²) in [6.07, 6.45) is 0. The van der Waals surface area contributed by atoms with E-state index in [0.717, 1.165) is 33.1 Å². The highest BCUT2D eigenvalue weighted by Crippen LogP contribution is 2.48. The Morgan fingerprint density at radius 3 is 1.52 bits per heavy atom. The van der Waals surface area contributed by atoms with Crippen LogP contribution in [0.5, 0.6) is 0 Å². The lowest BCUT2D eigenvalue weighted by Gasteiger charge is -2.12. The van der Waals surface area contributed by atoms with Gasteiger partial charge in [-0.05, 0) is 45.8 Å². The third kappa shape index (κ3) is 4.86. The maximum absolute atomic E-state index is 5.29. The molecule has 3 heterocycles. The maximum atomic E-state index is 5.29. The van der Waals surface area contributed by atoms with Gasteiger partial charge >= 0.3 is 0 Å². The van der Waals surface area contributed by atoms with Crippen molar-refractivity contribution in [2.24, 2.45) is 0 Å². The summed E-state index contributed by atoms with van der Waals surface area (Å²) in [5, 5.41) is 7.27. The molecule has 0 saturated heterocycles. The molecule has 0 N–H and O–H groups in total. The number of nitrogens with zero attached hydrogens (tertiary/aromatic N) is 4. The number of hydrogen-bond donors (Lipinski definition) is 0. The molecule has 4 nitrogen and oxygen atoms in total. The second-order valence-electron chi connectivity index (χ2n) is 13.6. The van der Waals surface area contributed by atoms with Gasteiger partial charge in [0.2, 0.25) is 5.95 Å². The molecule has 0 amide bonds. The van der Waals surface area contributed by atoms with E-state index >= 15 is 0 Å². The molecule has 54 heavy (non-hydrogen) atoms. The molecule has 11 aromatic rings. The molecule has 0 aliphatic heterocycles. The third-order valence-corrected chi connectivity index (χ3v) is 11.7. The Balaban J connectivity index is 1.26. The van der Waals surface area contributed by atoms with Crippen LogP contribution in [0.1, 0.15) is 0 Å². The Bertz CT molecular complexity index is 3130. The minimum absolute atomic E-state index is 0.592. The zero-order valence-electron chi connectivity index (χ0n) is 29.0. The number of aromatic nitrogens is 4. The SMILES string of the molecule is c1ccc(-c2ccc(-c3ccc4c(c3)c3c5ccccc5c5sc6ccccc6c5c3n4-c3nc(-c4ccccc4)nc(-c4ccccc4)n3)cc2)cc1. The summed E-state index contributed by atoms with van der Waals surface area (Å²) in [6, 6.07) is 64.3. The molecule has 5 heteroatoms. The van der Waals surface area contributed by atoms with Gasteiger partial charge in [-0.25, -0.2) is 4.98 Å². The number of fused-ring (bicyclic) bond motifs is 10. The van der Waals surface area contributed by atoms with Crippen molar-refractivity contribution in [3.05, 3.63) is 182 Å². The van der Waals surface area contributed by atoms with Crippen LogP contribution in [0.3, 0.4) is 0 Å². The van der Waals surface area contributed by atoms with E-state index < -0.39 is 0 Å². The second kappa shape index (κ2) is 12.3. The fourth-order valence-corrected chi connectivity index (χ4v) is 9.18. The van der Waals surface area contributed by atoms with Crippen molar-refractivity contribution in [3.63, 3.8) is 0 Å². The van der Waals surface area contributed by atoms with Crippen LogP contribution in [0, 0.1) is 0 Å². The van der Waals surface area contributed by atoms with Crippen LogP contribution in [-0.4, -0.2) is 19.5 Å². The average molecular weight is 707 g/mol. The molecule has 0 aliphatic rings. The fraction of sp³-hybridized carbons (Fsp3) is 0. The molecule has 0 saturated carbocycles. The number of hydrogen-bond acceptors (Lipinski definition) is 4. The van der Waals surface area contributed by atoms with Gasteiger partial charge in [0.15, 0.2) is 11.6 Å². The zero-order valence-corrected chi connectivity index (χ0v) is 29.8. The van der Waals surface area contributed by atoms with Crippen LogP contribution < -0.4 is 0 Å². The molecule has 0 unspecified atom stereocenters. The van der Waals surface area contributed by atoms with E-state index in [0.29, 0.717) is 17.6 Å². The first-order chi connectivity index (χ1) is 26.8. The molecule has 0 radical (unpaired) electrons. The van der Waals surface area contributed by atoms with Crippen molar-refractivity contribution in [2.45, 2.75) is 0 Å². The van der Waals surface area contributed by atoms with Gasteiger partial charge in [0, 0.05) is 47.5 Å². The molecule has 0 fully saturated rings. The second-order valence-corrected chi connectivity index (χ2v) is 14.6. The largest absolute Gasteiger partial charge is 0.277 e. The van der Waals surface area contributed by atoms with Crippen LogP contribution in [-0.2, 0) is 0 Å². The normalized spacial score (nSPS) is 11.7. The lowest BCUT2D eigenvalue weighted by atomic mass is 9.97. The standard InChI is InChI=1S/C49H30N4S/c1-4-14-31(15-5-1)32-24-26-33(27-25-32)36-28-29-41-40(30-36)43-37-20-10-11-21-38(37)46-44(39-22-12-13-23-42(39)54-46)45(43)53(41)49-51-47(34-16-6-2-7-17-34)50-48(52-49)35-18-8-3-9-19-35/h1-30H. The lowest BCUT2D eigenvalue weighted by molar-refractivity contribution is 0.955. The third-order valence-electron chi connectivity index (χ3n) is 10.5. The van der Waals surface area contributed by atoms with Crippen LogP contribution in [0.25, 0.3) is 104 Å². The predicted octanol–water partition coefficient (Wildman–Crippen LogP) is 13.2. The molecule has 0 bridgehead atoms. The van der Waals surface area contributed by atoms with Crippen molar-refractivity contribution >= 4 is 64.1 Å². The van der Waals surface area contributed by atoms with Gasteiger partial charge in [-0.1, -0.05) is 164 Å². The topological polar surface area (TPSA) is 43.6 Å². The number of rotatable bonds is 5. The Hall–Kier alpha value is -6.95. The Morgan fingerprint density at radius 1 is 0.370 bits per heavy atom. The van der Waals surface area contributed by atoms with E-state index in [1.165, 1.54) is 53.0 Å². The summed E-state index contributed by atoms with van der Waals surface area (Å²) in [6.45, 7) is 0. The number of thiophene rings is 1. The average Bonchev–Trinajstić information content (AvgIpc) is 3.81. The minimum Gasteiger partial charge on any atom is -0.277 e. The van der Waals surface area contributed by atoms with Crippen molar-refractivity contribution in [3.8, 4) is 51.0 Å². The summed E-state index contributed by atoms with van der Waals surface area (Å²) >= 11 is 1.85. The van der Waals surface area contributed by atoms with E-state index in [1.54, 1.807) is 0 Å². The van der Waals surface area contributed by atoms with Gasteiger partial charge < -0.3 is 0 Å². The molecule has 8 aromatic carbocycles. The lowest BCUT2D eigenvalue weighted by Crippen LogP contribution is -2.06. The highest BCUT2D eigenvalue weighted by molar-refractivity contribution is 7.27. The Kier molecular flexibility index (Phi) is 7.00. The summed E-state index contributed by atoms with van der Waals surface area (Å²) in [5.74, 6) is 1.86. The molecule has 252 valence electrons. The van der Waals surface area contributed by atoms with Gasteiger partial charge in [-0.3, -0.25) is 4.57 Å². The van der Waals surface area contributed by atoms with E-state index in [1.807, 2.05) is 47.7 Å². The van der Waals surface area contributed by atoms with E-state index in [9.17, 15) is 0 Å². The first-order valence-corrected chi connectivity index (χ1v) is 18.9. The van der Waals surface area contributed by atoms with Crippen molar-refractivity contribution in [1.29, 1.82) is 0 Å². The first kappa shape index (κ1) is 30.7. The van der Waals surface area contributed by atoms with E-state index in [2.05, 4.69) is 150 Å². The number of benzene rings is 8. The molecular weight excluding hydrogens is 677 g/mol. The first-order valence-electron chi connectivity index (χ1n) is 18.1. The fourth-order valence-electron chi connectivity index (χ4n) is 7.94.